The molecular weight excluding hydrogens is 408 g/mol. The molecule has 2 aromatic heterocycles. The van der Waals surface area contributed by atoms with Gasteiger partial charge in [-0.15, -0.1) is 11.3 Å². The first-order valence-electron chi connectivity index (χ1n) is 9.99. The van der Waals surface area contributed by atoms with Gasteiger partial charge in [0, 0.05) is 28.0 Å². The molecule has 1 N–H and O–H groups in total. The van der Waals surface area contributed by atoms with E-state index in [-0.39, 0.29) is 18.1 Å². The molecule has 0 amide bonds. The minimum absolute atomic E-state index is 0.00977. The first-order chi connectivity index (χ1) is 14.1. The highest BCUT2D eigenvalue weighted by Gasteiger charge is 2.40. The zero-order valence-corrected chi connectivity index (χ0v) is 17.4. The van der Waals surface area contributed by atoms with E-state index in [1.807, 2.05) is 23.6 Å². The molecule has 3 aromatic rings. The van der Waals surface area contributed by atoms with E-state index in [4.69, 9.17) is 16.3 Å². The minimum atomic E-state index is -0.245. The fourth-order valence-corrected chi connectivity index (χ4v) is 6.18. The minimum Gasteiger partial charge on any atom is -0.458 e. The zero-order valence-electron chi connectivity index (χ0n) is 15.8. The summed E-state index contributed by atoms with van der Waals surface area (Å²) in [6, 6.07) is 7.42. The summed E-state index contributed by atoms with van der Waals surface area (Å²) in [5.74, 6) is 2.14. The molecule has 0 aliphatic heterocycles. The van der Waals surface area contributed by atoms with Crippen molar-refractivity contribution in [1.82, 2.24) is 9.97 Å². The molecule has 2 fully saturated rings. The summed E-state index contributed by atoms with van der Waals surface area (Å²) in [4.78, 5) is 32.8. The van der Waals surface area contributed by atoms with Crippen LogP contribution in [0, 0.1) is 17.8 Å². The maximum Gasteiger partial charge on any atom is 0.306 e. The van der Waals surface area contributed by atoms with Crippen molar-refractivity contribution < 1.29 is 9.53 Å². The molecule has 3 atom stereocenters. The Balaban J connectivity index is 1.31. The summed E-state index contributed by atoms with van der Waals surface area (Å²) in [5, 5.41) is 2.99. The standard InChI is InChI=1S/C22H21ClN2O3S/c23-17-4-2-1-3-15(17)16-11-29-22-20(16)21(27)24-18(25-22)10-28-19(26)9-14-8-12-5-6-13(14)7-12/h1-4,11-14H,5-10H2,(H,24,25,27)/t12-,13-,14+/m0/s1. The van der Waals surface area contributed by atoms with Gasteiger partial charge in [-0.1, -0.05) is 36.2 Å². The van der Waals surface area contributed by atoms with E-state index < -0.39 is 0 Å². The third kappa shape index (κ3) is 3.60. The highest BCUT2D eigenvalue weighted by molar-refractivity contribution is 7.17. The van der Waals surface area contributed by atoms with E-state index >= 15 is 0 Å². The van der Waals surface area contributed by atoms with Crippen LogP contribution in [0.15, 0.2) is 34.4 Å². The molecule has 0 radical (unpaired) electrons. The lowest BCUT2D eigenvalue weighted by atomic mass is 9.86. The van der Waals surface area contributed by atoms with Gasteiger partial charge in [-0.05, 0) is 43.1 Å². The summed E-state index contributed by atoms with van der Waals surface area (Å²) in [5.41, 5.74) is 1.33. The first-order valence-corrected chi connectivity index (χ1v) is 11.2. The van der Waals surface area contributed by atoms with Crippen LogP contribution in [-0.2, 0) is 16.1 Å². The van der Waals surface area contributed by atoms with Crippen molar-refractivity contribution in [2.75, 3.05) is 0 Å². The van der Waals surface area contributed by atoms with Gasteiger partial charge in [0.1, 0.15) is 17.3 Å². The van der Waals surface area contributed by atoms with E-state index in [1.165, 1.54) is 30.6 Å². The number of carbonyl (C=O) groups excluding carboxylic acids is 1. The number of esters is 1. The van der Waals surface area contributed by atoms with Crippen LogP contribution in [-0.4, -0.2) is 15.9 Å². The van der Waals surface area contributed by atoms with Crippen LogP contribution in [0.3, 0.4) is 0 Å². The fourth-order valence-electron chi connectivity index (χ4n) is 4.99. The number of rotatable bonds is 5. The van der Waals surface area contributed by atoms with Gasteiger partial charge in [0.05, 0.1) is 5.39 Å². The number of aromatic nitrogens is 2. The van der Waals surface area contributed by atoms with Gasteiger partial charge in [0.15, 0.2) is 0 Å². The third-order valence-corrected chi connectivity index (χ3v) is 7.54. The van der Waals surface area contributed by atoms with Gasteiger partial charge in [-0.2, -0.15) is 0 Å². The number of halogens is 1. The highest BCUT2D eigenvalue weighted by atomic mass is 35.5. The van der Waals surface area contributed by atoms with Gasteiger partial charge in [0.25, 0.3) is 5.56 Å². The van der Waals surface area contributed by atoms with Crippen LogP contribution in [0.4, 0.5) is 0 Å². The van der Waals surface area contributed by atoms with Crippen molar-refractivity contribution in [2.24, 2.45) is 17.8 Å². The molecule has 5 rings (SSSR count). The van der Waals surface area contributed by atoms with Crippen molar-refractivity contribution in [3.63, 3.8) is 0 Å². The predicted octanol–water partition coefficient (Wildman–Crippen LogP) is 5.17. The Morgan fingerprint density at radius 2 is 2.10 bits per heavy atom. The number of fused-ring (bicyclic) bond motifs is 3. The van der Waals surface area contributed by atoms with E-state index in [9.17, 15) is 9.59 Å². The Bertz CT molecular complexity index is 1140. The molecule has 2 aliphatic rings. The Morgan fingerprint density at radius 1 is 1.24 bits per heavy atom. The molecule has 150 valence electrons. The molecule has 0 saturated heterocycles. The molecule has 7 heteroatoms. The molecule has 2 heterocycles. The maximum atomic E-state index is 12.7. The van der Waals surface area contributed by atoms with E-state index in [0.29, 0.717) is 39.3 Å². The normalized spacial score (nSPS) is 23.0. The quantitative estimate of drug-likeness (QED) is 0.568. The van der Waals surface area contributed by atoms with Crippen molar-refractivity contribution in [3.05, 3.63) is 50.8 Å². The molecule has 2 aliphatic carbocycles. The number of aromatic amines is 1. The van der Waals surface area contributed by atoms with Crippen molar-refractivity contribution in [3.8, 4) is 11.1 Å². The van der Waals surface area contributed by atoms with Crippen molar-refractivity contribution >= 4 is 39.1 Å². The lowest BCUT2D eigenvalue weighted by Crippen LogP contribution is -2.18. The van der Waals surface area contributed by atoms with Crippen LogP contribution in [0.1, 0.15) is 37.9 Å². The summed E-state index contributed by atoms with van der Waals surface area (Å²) in [6.45, 7) is -0.00977. The second kappa shape index (κ2) is 7.58. The van der Waals surface area contributed by atoms with Gasteiger partial charge in [0.2, 0.25) is 0 Å². The number of H-pyrrole nitrogens is 1. The number of nitrogens with one attached hydrogen (secondary N) is 1. The molecule has 1 aromatic carbocycles. The van der Waals surface area contributed by atoms with Gasteiger partial charge in [-0.25, -0.2) is 4.98 Å². The maximum absolute atomic E-state index is 12.7. The average Bonchev–Trinajstić information content (AvgIpc) is 3.42. The van der Waals surface area contributed by atoms with Crippen LogP contribution in [0.25, 0.3) is 21.3 Å². The summed E-state index contributed by atoms with van der Waals surface area (Å²) in [6.07, 6.45) is 5.47. The lowest BCUT2D eigenvalue weighted by Gasteiger charge is -2.20. The summed E-state index contributed by atoms with van der Waals surface area (Å²) < 4.78 is 5.42. The number of benzene rings is 1. The molecule has 5 nitrogen and oxygen atoms in total. The number of ether oxygens (including phenoxy) is 1. The Kier molecular flexibility index (Phi) is 4.92. The van der Waals surface area contributed by atoms with Gasteiger partial charge < -0.3 is 9.72 Å². The van der Waals surface area contributed by atoms with Crippen molar-refractivity contribution in [1.29, 1.82) is 0 Å². The van der Waals surface area contributed by atoms with Gasteiger partial charge in [-0.3, -0.25) is 9.59 Å². The second-order valence-electron chi connectivity index (χ2n) is 8.12. The van der Waals surface area contributed by atoms with E-state index in [0.717, 1.165) is 23.5 Å². The number of nitrogens with zero attached hydrogens (tertiary/aromatic N) is 1. The number of hydrogen-bond acceptors (Lipinski definition) is 5. The zero-order chi connectivity index (χ0) is 20.0. The van der Waals surface area contributed by atoms with Crippen LogP contribution in [0.2, 0.25) is 5.02 Å². The average molecular weight is 429 g/mol. The molecule has 2 bridgehead atoms. The van der Waals surface area contributed by atoms with Gasteiger partial charge >= 0.3 is 5.97 Å². The monoisotopic (exact) mass is 428 g/mol. The molecule has 29 heavy (non-hydrogen) atoms. The van der Waals surface area contributed by atoms with Crippen LogP contribution in [0.5, 0.6) is 0 Å². The Morgan fingerprint density at radius 3 is 2.86 bits per heavy atom. The summed E-state index contributed by atoms with van der Waals surface area (Å²) >= 11 is 7.68. The van der Waals surface area contributed by atoms with Crippen LogP contribution < -0.4 is 5.56 Å². The number of carbonyl (C=O) groups is 1. The number of hydrogen-bond donors (Lipinski definition) is 1. The predicted molar refractivity (Wildman–Crippen MR) is 114 cm³/mol. The highest BCUT2D eigenvalue weighted by Crippen LogP contribution is 2.49. The first kappa shape index (κ1) is 18.8. The fraction of sp³-hybridized carbons (Fsp3) is 0.409. The van der Waals surface area contributed by atoms with Crippen LogP contribution >= 0.6 is 22.9 Å². The molecule has 0 spiro atoms. The third-order valence-electron chi connectivity index (χ3n) is 6.34. The second-order valence-corrected chi connectivity index (χ2v) is 9.39. The van der Waals surface area contributed by atoms with E-state index in [2.05, 4.69) is 9.97 Å². The largest absolute Gasteiger partial charge is 0.458 e. The van der Waals surface area contributed by atoms with Crippen molar-refractivity contribution in [2.45, 2.75) is 38.7 Å². The molecule has 2 saturated carbocycles. The Hall–Kier alpha value is -2.18. The SMILES string of the molecule is O=C(C[C@H]1C[C@H]2CC[C@H]1C2)OCc1nc2scc(-c3ccccc3Cl)c2c(=O)[nH]1. The Labute approximate surface area is 177 Å². The number of thiophene rings is 1. The molecule has 0 unspecified atom stereocenters. The topological polar surface area (TPSA) is 72.0 Å². The lowest BCUT2D eigenvalue weighted by molar-refractivity contribution is -0.146. The summed E-state index contributed by atoms with van der Waals surface area (Å²) in [7, 11) is 0. The smallest absolute Gasteiger partial charge is 0.306 e. The molecular formula is C22H21ClN2O3S. The van der Waals surface area contributed by atoms with E-state index in [1.54, 1.807) is 6.07 Å².